The summed E-state index contributed by atoms with van der Waals surface area (Å²) in [6.07, 6.45) is 3.98. The highest BCUT2D eigenvalue weighted by molar-refractivity contribution is 5.94. The molecular formula is C19H25N3O2. The van der Waals surface area contributed by atoms with Gasteiger partial charge in [0.1, 0.15) is 0 Å². The molecule has 2 amide bonds. The van der Waals surface area contributed by atoms with E-state index in [1.807, 2.05) is 29.2 Å². The Kier molecular flexibility index (Phi) is 7.31. The number of nitrogens with one attached hydrogen (secondary N) is 1. The summed E-state index contributed by atoms with van der Waals surface area (Å²) in [4.78, 5) is 25.0. The van der Waals surface area contributed by atoms with Crippen LogP contribution in [0.15, 0.2) is 24.3 Å². The molecule has 24 heavy (non-hydrogen) atoms. The first-order valence-electron chi connectivity index (χ1n) is 8.54. The Bertz CT molecular complexity index is 625. The van der Waals surface area contributed by atoms with E-state index < -0.39 is 0 Å². The van der Waals surface area contributed by atoms with Crippen molar-refractivity contribution >= 4 is 11.8 Å². The van der Waals surface area contributed by atoms with Crippen LogP contribution in [0, 0.1) is 11.8 Å². The lowest BCUT2D eigenvalue weighted by Gasteiger charge is -2.27. The molecule has 1 aliphatic rings. The summed E-state index contributed by atoms with van der Waals surface area (Å²) in [5.41, 5.74) is 6.67. The van der Waals surface area contributed by atoms with Gasteiger partial charge in [0, 0.05) is 50.1 Å². The summed E-state index contributed by atoms with van der Waals surface area (Å²) in [6.45, 7) is 3.20. The standard InChI is InChI=1S/C19H25N3O2/c20-18(23)10-5-3-1-2-4-7-16-8-6-9-17(15-16)19(24)22-13-11-21-12-14-22/h6,8-9,15,21H,1-3,5,10-14H2,(H2,20,23). The molecule has 1 aliphatic heterocycles. The molecule has 1 aromatic carbocycles. The zero-order chi connectivity index (χ0) is 17.2. The van der Waals surface area contributed by atoms with Crippen LogP contribution >= 0.6 is 0 Å². The molecule has 0 atom stereocenters. The summed E-state index contributed by atoms with van der Waals surface area (Å²) in [7, 11) is 0. The highest BCUT2D eigenvalue weighted by Gasteiger charge is 2.17. The molecule has 0 aliphatic carbocycles. The average Bonchev–Trinajstić information content (AvgIpc) is 2.61. The minimum Gasteiger partial charge on any atom is -0.370 e. The topological polar surface area (TPSA) is 75.4 Å². The lowest BCUT2D eigenvalue weighted by molar-refractivity contribution is -0.118. The van der Waals surface area contributed by atoms with Crippen LogP contribution in [0.2, 0.25) is 0 Å². The van der Waals surface area contributed by atoms with Gasteiger partial charge in [0.25, 0.3) is 5.91 Å². The van der Waals surface area contributed by atoms with Crippen LogP contribution in [0.1, 0.15) is 48.0 Å². The van der Waals surface area contributed by atoms with Crippen LogP contribution in [-0.4, -0.2) is 42.9 Å². The maximum Gasteiger partial charge on any atom is 0.253 e. The van der Waals surface area contributed by atoms with Crippen molar-refractivity contribution in [2.24, 2.45) is 5.73 Å². The maximum atomic E-state index is 12.5. The second-order valence-corrected chi connectivity index (χ2v) is 5.95. The van der Waals surface area contributed by atoms with Crippen molar-refractivity contribution < 1.29 is 9.59 Å². The van der Waals surface area contributed by atoms with E-state index in [-0.39, 0.29) is 11.8 Å². The van der Waals surface area contributed by atoms with E-state index in [0.29, 0.717) is 12.0 Å². The zero-order valence-electron chi connectivity index (χ0n) is 14.0. The summed E-state index contributed by atoms with van der Waals surface area (Å²) < 4.78 is 0. The van der Waals surface area contributed by atoms with Gasteiger partial charge in [-0.3, -0.25) is 9.59 Å². The zero-order valence-corrected chi connectivity index (χ0v) is 14.0. The molecule has 0 radical (unpaired) electrons. The van der Waals surface area contributed by atoms with Crippen LogP contribution in [0.5, 0.6) is 0 Å². The number of carbonyl (C=O) groups is 2. The summed E-state index contributed by atoms with van der Waals surface area (Å²) in [5, 5.41) is 3.25. The van der Waals surface area contributed by atoms with Crippen molar-refractivity contribution in [3.63, 3.8) is 0 Å². The number of primary amides is 1. The molecule has 5 heteroatoms. The quantitative estimate of drug-likeness (QED) is 0.614. The van der Waals surface area contributed by atoms with Crippen LogP contribution < -0.4 is 11.1 Å². The predicted molar refractivity (Wildman–Crippen MR) is 94.4 cm³/mol. The molecule has 2 rings (SSSR count). The molecule has 1 fully saturated rings. The minimum absolute atomic E-state index is 0.0756. The van der Waals surface area contributed by atoms with Crippen LogP contribution in [-0.2, 0) is 4.79 Å². The Hall–Kier alpha value is -2.32. The van der Waals surface area contributed by atoms with Gasteiger partial charge >= 0.3 is 0 Å². The van der Waals surface area contributed by atoms with E-state index in [0.717, 1.165) is 57.4 Å². The molecule has 128 valence electrons. The first-order valence-corrected chi connectivity index (χ1v) is 8.54. The second kappa shape index (κ2) is 9.74. The molecule has 0 bridgehead atoms. The Balaban J connectivity index is 1.83. The smallest absolute Gasteiger partial charge is 0.253 e. The molecule has 5 nitrogen and oxygen atoms in total. The van der Waals surface area contributed by atoms with Crippen molar-refractivity contribution in [2.45, 2.75) is 32.1 Å². The molecule has 3 N–H and O–H groups in total. The van der Waals surface area contributed by atoms with Gasteiger partial charge in [-0.05, 0) is 31.0 Å². The van der Waals surface area contributed by atoms with E-state index in [1.165, 1.54) is 0 Å². The van der Waals surface area contributed by atoms with Gasteiger partial charge in [-0.2, -0.15) is 0 Å². The fourth-order valence-electron chi connectivity index (χ4n) is 2.63. The van der Waals surface area contributed by atoms with Crippen LogP contribution in [0.3, 0.4) is 0 Å². The Morgan fingerprint density at radius 1 is 1.17 bits per heavy atom. The number of nitrogens with zero attached hydrogens (tertiary/aromatic N) is 1. The third-order valence-electron chi connectivity index (χ3n) is 3.97. The highest BCUT2D eigenvalue weighted by atomic mass is 16.2. The Labute approximate surface area is 143 Å². The van der Waals surface area contributed by atoms with Gasteiger partial charge in [0.2, 0.25) is 5.91 Å². The van der Waals surface area contributed by atoms with Crippen molar-refractivity contribution in [2.75, 3.05) is 26.2 Å². The summed E-state index contributed by atoms with van der Waals surface area (Å²) in [5.74, 6) is 6.08. The molecule has 1 aromatic rings. The monoisotopic (exact) mass is 327 g/mol. The SMILES string of the molecule is NC(=O)CCCCCC#Cc1cccc(C(=O)N2CCNCC2)c1. The van der Waals surface area contributed by atoms with E-state index in [4.69, 9.17) is 5.73 Å². The largest absolute Gasteiger partial charge is 0.370 e. The summed E-state index contributed by atoms with van der Waals surface area (Å²) >= 11 is 0. The van der Waals surface area contributed by atoms with Crippen molar-refractivity contribution in [3.8, 4) is 11.8 Å². The lowest BCUT2D eigenvalue weighted by Crippen LogP contribution is -2.46. The molecular weight excluding hydrogens is 302 g/mol. The van der Waals surface area contributed by atoms with Crippen molar-refractivity contribution in [1.29, 1.82) is 0 Å². The van der Waals surface area contributed by atoms with Crippen molar-refractivity contribution in [3.05, 3.63) is 35.4 Å². The van der Waals surface area contributed by atoms with E-state index in [2.05, 4.69) is 17.2 Å². The minimum atomic E-state index is -0.243. The van der Waals surface area contributed by atoms with Gasteiger partial charge < -0.3 is 16.0 Å². The third-order valence-corrected chi connectivity index (χ3v) is 3.97. The molecule has 1 saturated heterocycles. The molecule has 0 spiro atoms. The molecule has 0 aromatic heterocycles. The number of rotatable bonds is 6. The van der Waals surface area contributed by atoms with Crippen molar-refractivity contribution in [1.82, 2.24) is 10.2 Å². The maximum absolute atomic E-state index is 12.5. The lowest BCUT2D eigenvalue weighted by atomic mass is 10.1. The Morgan fingerprint density at radius 2 is 1.96 bits per heavy atom. The second-order valence-electron chi connectivity index (χ2n) is 5.95. The van der Waals surface area contributed by atoms with E-state index >= 15 is 0 Å². The predicted octanol–water partition coefficient (Wildman–Crippen LogP) is 1.52. The first kappa shape index (κ1) is 18.0. The first-order chi connectivity index (χ1) is 11.7. The number of benzene rings is 1. The van der Waals surface area contributed by atoms with Crippen LogP contribution in [0.25, 0.3) is 0 Å². The molecule has 1 heterocycles. The average molecular weight is 327 g/mol. The summed E-state index contributed by atoms with van der Waals surface area (Å²) in [6, 6.07) is 7.52. The number of nitrogens with two attached hydrogens (primary N) is 1. The number of hydrogen-bond acceptors (Lipinski definition) is 3. The highest BCUT2D eigenvalue weighted by Crippen LogP contribution is 2.09. The van der Waals surface area contributed by atoms with Crippen LogP contribution in [0.4, 0.5) is 0 Å². The number of amides is 2. The van der Waals surface area contributed by atoms with Gasteiger partial charge in [0.05, 0.1) is 0 Å². The number of carbonyl (C=O) groups excluding carboxylic acids is 2. The number of hydrogen-bond donors (Lipinski definition) is 2. The number of piperazine rings is 1. The van der Waals surface area contributed by atoms with Gasteiger partial charge in [0.15, 0.2) is 0 Å². The normalized spacial score (nSPS) is 13.9. The van der Waals surface area contributed by atoms with Gasteiger partial charge in [-0.15, -0.1) is 0 Å². The van der Waals surface area contributed by atoms with Gasteiger partial charge in [-0.1, -0.05) is 24.3 Å². The van der Waals surface area contributed by atoms with E-state index in [9.17, 15) is 9.59 Å². The van der Waals surface area contributed by atoms with Gasteiger partial charge in [-0.25, -0.2) is 0 Å². The third kappa shape index (κ3) is 6.05. The number of unbranched alkanes of at least 4 members (excludes halogenated alkanes) is 3. The Morgan fingerprint density at radius 3 is 2.71 bits per heavy atom. The van der Waals surface area contributed by atoms with E-state index in [1.54, 1.807) is 0 Å². The fraction of sp³-hybridized carbons (Fsp3) is 0.474. The fourth-order valence-corrected chi connectivity index (χ4v) is 2.63. The molecule has 0 unspecified atom stereocenters. The molecule has 0 saturated carbocycles.